The van der Waals surface area contributed by atoms with Gasteiger partial charge >= 0.3 is 6.09 Å². The Kier molecular flexibility index (Phi) is 5.28. The van der Waals surface area contributed by atoms with Crippen LogP contribution in [0, 0.1) is 0 Å². The maximum atomic E-state index is 10.4. The zero-order valence-electron chi connectivity index (χ0n) is 9.05. The minimum Gasteiger partial charge on any atom is -0.465 e. The van der Waals surface area contributed by atoms with Crippen LogP contribution in [0.3, 0.4) is 0 Å². The Morgan fingerprint density at radius 3 is 2.41 bits per heavy atom. The molecule has 6 nitrogen and oxygen atoms in total. The molecule has 0 radical (unpaired) electrons. The first-order valence-electron chi connectivity index (χ1n) is 4.99. The fraction of sp³-hybridized carbons (Fsp3) is 0.300. The van der Waals surface area contributed by atoms with Crippen LogP contribution >= 0.6 is 0 Å². The van der Waals surface area contributed by atoms with Crippen molar-refractivity contribution in [2.45, 2.75) is 6.42 Å². The Morgan fingerprint density at radius 2 is 1.88 bits per heavy atom. The summed E-state index contributed by atoms with van der Waals surface area (Å²) in [6.07, 6.45) is -0.440. The molecule has 1 aromatic rings. The van der Waals surface area contributed by atoms with Gasteiger partial charge in [-0.2, -0.15) is 0 Å². The van der Waals surface area contributed by atoms with E-state index in [2.05, 4.69) is 10.6 Å². The fourth-order valence-electron chi connectivity index (χ4n) is 1.26. The van der Waals surface area contributed by atoms with E-state index in [4.69, 9.17) is 5.11 Å². The van der Waals surface area contributed by atoms with Crippen molar-refractivity contribution in [3.8, 4) is 0 Å². The summed E-state index contributed by atoms with van der Waals surface area (Å²) in [6, 6.07) is 7.16. The summed E-state index contributed by atoms with van der Waals surface area (Å²) in [7, 11) is -2.43. The van der Waals surface area contributed by atoms with Crippen LogP contribution in [0.15, 0.2) is 24.3 Å². The molecule has 0 saturated carbocycles. The van der Waals surface area contributed by atoms with Gasteiger partial charge in [0.1, 0.15) is 5.88 Å². The van der Waals surface area contributed by atoms with Crippen molar-refractivity contribution >= 4 is 22.5 Å². The molecule has 0 aromatic heterocycles. The summed E-state index contributed by atoms with van der Waals surface area (Å²) in [5.41, 5.74) is 1.70. The summed E-state index contributed by atoms with van der Waals surface area (Å²) < 4.78 is 20.7. The van der Waals surface area contributed by atoms with E-state index < -0.39 is 16.8 Å². The van der Waals surface area contributed by atoms with E-state index in [0.29, 0.717) is 13.0 Å². The number of nitrogens with one attached hydrogen (secondary N) is 2. The van der Waals surface area contributed by atoms with Crippen molar-refractivity contribution < 1.29 is 18.3 Å². The van der Waals surface area contributed by atoms with E-state index in [9.17, 15) is 13.2 Å². The van der Waals surface area contributed by atoms with Gasteiger partial charge in [-0.15, -0.1) is 0 Å². The number of thiol groups is 1. The SMILES string of the molecule is O=C(O)NCCc1ccc(NC[SH](=O)=O)cc1. The zero-order valence-corrected chi connectivity index (χ0v) is 9.94. The molecule has 0 saturated heterocycles. The fourth-order valence-corrected chi connectivity index (χ4v) is 1.57. The molecule has 1 aromatic carbocycles. The van der Waals surface area contributed by atoms with Crippen molar-refractivity contribution in [1.82, 2.24) is 5.32 Å². The number of rotatable bonds is 6. The molecule has 1 rings (SSSR count). The van der Waals surface area contributed by atoms with Gasteiger partial charge in [0.05, 0.1) is 0 Å². The lowest BCUT2D eigenvalue weighted by molar-refractivity contribution is 0.194. The molecule has 3 N–H and O–H groups in total. The van der Waals surface area contributed by atoms with Gasteiger partial charge in [-0.1, -0.05) is 12.1 Å². The van der Waals surface area contributed by atoms with Crippen LogP contribution in [0.25, 0.3) is 0 Å². The highest BCUT2D eigenvalue weighted by Crippen LogP contribution is 2.09. The van der Waals surface area contributed by atoms with Crippen molar-refractivity contribution in [2.75, 3.05) is 17.7 Å². The van der Waals surface area contributed by atoms with Crippen LogP contribution in [0.4, 0.5) is 10.5 Å². The number of anilines is 1. The molecule has 0 aliphatic heterocycles. The van der Waals surface area contributed by atoms with Crippen molar-refractivity contribution in [3.05, 3.63) is 29.8 Å². The minimum absolute atomic E-state index is 0.0880. The zero-order chi connectivity index (χ0) is 12.7. The molecule has 7 heteroatoms. The van der Waals surface area contributed by atoms with E-state index in [0.717, 1.165) is 11.3 Å². The Labute approximate surface area is 101 Å². The second-order valence-electron chi connectivity index (χ2n) is 3.35. The van der Waals surface area contributed by atoms with E-state index in [1.807, 2.05) is 12.1 Å². The second-order valence-corrected chi connectivity index (χ2v) is 4.33. The highest BCUT2D eigenvalue weighted by molar-refractivity contribution is 7.72. The Morgan fingerprint density at radius 1 is 1.24 bits per heavy atom. The lowest BCUT2D eigenvalue weighted by Crippen LogP contribution is -2.23. The van der Waals surface area contributed by atoms with Gasteiger partial charge in [-0.25, -0.2) is 13.2 Å². The molecule has 0 unspecified atom stereocenters. The van der Waals surface area contributed by atoms with Gasteiger partial charge in [0, 0.05) is 12.2 Å². The average Bonchev–Trinajstić information content (AvgIpc) is 2.27. The van der Waals surface area contributed by atoms with Gasteiger partial charge < -0.3 is 15.7 Å². The Hall–Kier alpha value is -1.76. The molecule has 0 spiro atoms. The number of carboxylic acid groups (broad SMARTS) is 1. The summed E-state index contributed by atoms with van der Waals surface area (Å²) >= 11 is 0. The first kappa shape index (κ1) is 13.3. The third-order valence-electron chi connectivity index (χ3n) is 2.06. The largest absolute Gasteiger partial charge is 0.465 e. The van der Waals surface area contributed by atoms with Crippen LogP contribution in [0.1, 0.15) is 5.56 Å². The molecule has 17 heavy (non-hydrogen) atoms. The first-order valence-corrected chi connectivity index (χ1v) is 6.35. The number of carbonyl (C=O) groups is 1. The molecule has 94 valence electrons. The first-order chi connectivity index (χ1) is 8.08. The minimum atomic E-state index is -2.43. The van der Waals surface area contributed by atoms with Crippen LogP contribution in [0.5, 0.6) is 0 Å². The van der Waals surface area contributed by atoms with Gasteiger partial charge in [-0.05, 0) is 24.1 Å². The lowest BCUT2D eigenvalue weighted by Gasteiger charge is -2.05. The number of benzene rings is 1. The highest BCUT2D eigenvalue weighted by Gasteiger charge is 1.97. The highest BCUT2D eigenvalue weighted by atomic mass is 32.2. The topological polar surface area (TPSA) is 95.5 Å². The molecule has 0 heterocycles. The molecule has 0 fully saturated rings. The molecular weight excluding hydrogens is 244 g/mol. The summed E-state index contributed by atoms with van der Waals surface area (Å²) in [5.74, 6) is -0.0880. The van der Waals surface area contributed by atoms with E-state index in [1.54, 1.807) is 12.1 Å². The standard InChI is InChI=1S/C10H14N2O4S/c13-10(14)11-6-5-8-1-3-9(4-2-8)12-7-17(15)16/h1-4,11-12,17H,5-7H2,(H,13,14). The smallest absolute Gasteiger partial charge is 0.404 e. The average molecular weight is 258 g/mol. The molecule has 1 amide bonds. The second kappa shape index (κ2) is 6.74. The van der Waals surface area contributed by atoms with Gasteiger partial charge in [0.2, 0.25) is 0 Å². The number of amides is 1. The van der Waals surface area contributed by atoms with Crippen LogP contribution in [-0.4, -0.2) is 32.0 Å². The monoisotopic (exact) mass is 258 g/mol. The van der Waals surface area contributed by atoms with Crippen LogP contribution in [-0.2, 0) is 17.1 Å². The van der Waals surface area contributed by atoms with Crippen molar-refractivity contribution in [1.29, 1.82) is 0 Å². The molecular formula is C10H14N2O4S. The van der Waals surface area contributed by atoms with Crippen LogP contribution in [0.2, 0.25) is 0 Å². The predicted octanol–water partition coefficient (Wildman–Crippen LogP) is 0.477. The molecule has 0 atom stereocenters. The van der Waals surface area contributed by atoms with Crippen molar-refractivity contribution in [3.63, 3.8) is 0 Å². The Bertz CT molecular complexity index is 434. The predicted molar refractivity (Wildman–Crippen MR) is 65.0 cm³/mol. The normalized spacial score (nSPS) is 10.2. The maximum Gasteiger partial charge on any atom is 0.404 e. The lowest BCUT2D eigenvalue weighted by atomic mass is 10.1. The maximum absolute atomic E-state index is 10.4. The summed E-state index contributed by atoms with van der Waals surface area (Å²) in [4.78, 5) is 10.2. The summed E-state index contributed by atoms with van der Waals surface area (Å²) in [5, 5.41) is 13.4. The molecule has 0 aliphatic rings. The van der Waals surface area contributed by atoms with E-state index in [1.165, 1.54) is 0 Å². The van der Waals surface area contributed by atoms with Crippen molar-refractivity contribution in [2.24, 2.45) is 0 Å². The van der Waals surface area contributed by atoms with E-state index in [-0.39, 0.29) is 5.88 Å². The summed E-state index contributed by atoms with van der Waals surface area (Å²) in [6.45, 7) is 0.356. The third kappa shape index (κ3) is 5.76. The van der Waals surface area contributed by atoms with Gasteiger partial charge in [0.15, 0.2) is 10.7 Å². The molecule has 0 bridgehead atoms. The Balaban J connectivity index is 2.41. The molecule has 0 aliphatic carbocycles. The number of hydrogen-bond acceptors (Lipinski definition) is 4. The third-order valence-corrected chi connectivity index (χ3v) is 2.47. The quantitative estimate of drug-likeness (QED) is 0.557. The van der Waals surface area contributed by atoms with E-state index >= 15 is 0 Å². The van der Waals surface area contributed by atoms with Gasteiger partial charge in [0.25, 0.3) is 0 Å². The number of hydrogen-bond donors (Lipinski definition) is 4. The van der Waals surface area contributed by atoms with Gasteiger partial charge in [-0.3, -0.25) is 0 Å². The van der Waals surface area contributed by atoms with Crippen LogP contribution < -0.4 is 10.6 Å².